The third kappa shape index (κ3) is 2.45. The lowest BCUT2D eigenvalue weighted by Crippen LogP contribution is -2.29. The number of allylic oxidation sites excluding steroid dienone is 1. The van der Waals surface area contributed by atoms with Crippen LogP contribution in [0.4, 0.5) is 0 Å². The Labute approximate surface area is 73.3 Å². The highest BCUT2D eigenvalue weighted by atomic mass is 16.3. The van der Waals surface area contributed by atoms with E-state index in [2.05, 4.69) is 6.92 Å². The smallest absolute Gasteiger partial charge is 0.120 e. The number of rotatable bonds is 3. The molecule has 2 heteroatoms. The molecule has 1 aliphatic rings. The molecule has 0 fully saturated rings. The average Bonchev–Trinajstić information content (AvgIpc) is 2.08. The van der Waals surface area contributed by atoms with Gasteiger partial charge in [0.2, 0.25) is 0 Å². The van der Waals surface area contributed by atoms with Gasteiger partial charge in [-0.05, 0) is 25.2 Å². The molecule has 0 saturated heterocycles. The summed E-state index contributed by atoms with van der Waals surface area (Å²) in [5.74, 6) is 0.571. The summed E-state index contributed by atoms with van der Waals surface area (Å²) < 4.78 is 0. The Kier molecular flexibility index (Phi) is 3.04. The van der Waals surface area contributed by atoms with E-state index in [1.807, 2.05) is 12.2 Å². The van der Waals surface area contributed by atoms with Crippen molar-refractivity contribution >= 4 is 6.29 Å². The number of carbonyl (C=O) groups is 1. The second-order valence-corrected chi connectivity index (χ2v) is 3.68. The van der Waals surface area contributed by atoms with E-state index >= 15 is 0 Å². The zero-order chi connectivity index (χ0) is 9.03. The quantitative estimate of drug-likeness (QED) is 0.514. The number of aldehydes is 1. The van der Waals surface area contributed by atoms with Gasteiger partial charge in [-0.3, -0.25) is 0 Å². The third-order valence-electron chi connectivity index (χ3n) is 2.46. The summed E-state index contributed by atoms with van der Waals surface area (Å²) in [4.78, 5) is 10.1. The largest absolute Gasteiger partial charge is 0.386 e. The fourth-order valence-electron chi connectivity index (χ4n) is 1.52. The minimum atomic E-state index is -0.701. The van der Waals surface area contributed by atoms with E-state index in [1.54, 1.807) is 0 Å². The number of hydrogen-bond donors (Lipinski definition) is 1. The Morgan fingerprint density at radius 2 is 2.50 bits per heavy atom. The summed E-state index contributed by atoms with van der Waals surface area (Å²) in [5.41, 5.74) is -0.701. The van der Waals surface area contributed by atoms with E-state index in [9.17, 15) is 9.90 Å². The Morgan fingerprint density at radius 3 is 3.00 bits per heavy atom. The molecule has 2 nitrogen and oxygen atoms in total. The molecule has 0 amide bonds. The molecule has 1 rings (SSSR count). The summed E-state index contributed by atoms with van der Waals surface area (Å²) in [5, 5.41) is 9.87. The van der Waals surface area contributed by atoms with Crippen molar-refractivity contribution < 1.29 is 9.90 Å². The van der Waals surface area contributed by atoms with Gasteiger partial charge in [0.15, 0.2) is 0 Å². The van der Waals surface area contributed by atoms with Crippen molar-refractivity contribution in [1.29, 1.82) is 0 Å². The molecule has 0 aliphatic heterocycles. The third-order valence-corrected chi connectivity index (χ3v) is 2.46. The van der Waals surface area contributed by atoms with Crippen LogP contribution < -0.4 is 0 Å². The maximum atomic E-state index is 10.1. The summed E-state index contributed by atoms with van der Waals surface area (Å²) in [6.07, 6.45) is 7.59. The molecule has 1 aliphatic carbocycles. The van der Waals surface area contributed by atoms with Crippen LogP contribution in [0.1, 0.15) is 32.6 Å². The Hall–Kier alpha value is -0.630. The van der Waals surface area contributed by atoms with Gasteiger partial charge in [-0.25, -0.2) is 0 Å². The van der Waals surface area contributed by atoms with Crippen LogP contribution in [-0.4, -0.2) is 17.0 Å². The van der Waals surface area contributed by atoms with Crippen molar-refractivity contribution in [2.45, 2.75) is 38.2 Å². The first kappa shape index (κ1) is 9.46. The van der Waals surface area contributed by atoms with Crippen LogP contribution in [0.3, 0.4) is 0 Å². The highest BCUT2D eigenvalue weighted by Crippen LogP contribution is 2.28. The van der Waals surface area contributed by atoms with E-state index in [-0.39, 0.29) is 0 Å². The fourth-order valence-corrected chi connectivity index (χ4v) is 1.52. The van der Waals surface area contributed by atoms with Gasteiger partial charge in [0.05, 0.1) is 5.60 Å². The van der Waals surface area contributed by atoms with Crippen molar-refractivity contribution in [2.24, 2.45) is 5.92 Å². The minimum Gasteiger partial charge on any atom is -0.386 e. The predicted octanol–water partition coefficient (Wildman–Crippen LogP) is 1.68. The van der Waals surface area contributed by atoms with E-state index in [1.165, 1.54) is 0 Å². The first-order valence-electron chi connectivity index (χ1n) is 4.52. The molecule has 1 N–H and O–H groups in total. The van der Waals surface area contributed by atoms with E-state index < -0.39 is 5.60 Å². The lowest BCUT2D eigenvalue weighted by Gasteiger charge is -2.29. The van der Waals surface area contributed by atoms with Crippen molar-refractivity contribution in [3.8, 4) is 0 Å². The van der Waals surface area contributed by atoms with E-state index in [4.69, 9.17) is 0 Å². The molecule has 0 bridgehead atoms. The van der Waals surface area contributed by atoms with Crippen LogP contribution in [0.15, 0.2) is 12.2 Å². The normalized spacial score (nSPS) is 35.0. The lowest BCUT2D eigenvalue weighted by molar-refractivity contribution is -0.108. The molecular formula is C10H16O2. The molecule has 0 saturated carbocycles. The van der Waals surface area contributed by atoms with Gasteiger partial charge in [-0.15, -0.1) is 0 Å². The number of carbonyl (C=O) groups excluding carboxylic acids is 1. The van der Waals surface area contributed by atoms with E-state index in [0.29, 0.717) is 18.8 Å². The summed E-state index contributed by atoms with van der Waals surface area (Å²) in [6.45, 7) is 2.13. The molecular weight excluding hydrogens is 152 g/mol. The fraction of sp³-hybridized carbons (Fsp3) is 0.700. The molecule has 0 heterocycles. The first-order valence-corrected chi connectivity index (χ1v) is 4.52. The van der Waals surface area contributed by atoms with Gasteiger partial charge < -0.3 is 9.90 Å². The summed E-state index contributed by atoms with van der Waals surface area (Å²) in [7, 11) is 0. The molecule has 0 aromatic rings. The van der Waals surface area contributed by atoms with Crippen LogP contribution >= 0.6 is 0 Å². The average molecular weight is 168 g/mol. The van der Waals surface area contributed by atoms with E-state index in [0.717, 1.165) is 19.1 Å². The van der Waals surface area contributed by atoms with Gasteiger partial charge >= 0.3 is 0 Å². The maximum Gasteiger partial charge on any atom is 0.120 e. The summed E-state index contributed by atoms with van der Waals surface area (Å²) >= 11 is 0. The Morgan fingerprint density at radius 1 is 1.75 bits per heavy atom. The standard InChI is InChI=1S/C10H16O2/c1-9-3-6-10(12,7-4-9)5-2-8-11/h3,6,8-9,12H,2,4-5,7H2,1H3. The van der Waals surface area contributed by atoms with Crippen molar-refractivity contribution in [3.05, 3.63) is 12.2 Å². The highest BCUT2D eigenvalue weighted by Gasteiger charge is 2.26. The van der Waals surface area contributed by atoms with Gasteiger partial charge in [0.1, 0.15) is 6.29 Å². The molecule has 2 atom stereocenters. The van der Waals surface area contributed by atoms with Gasteiger partial charge in [0.25, 0.3) is 0 Å². The van der Waals surface area contributed by atoms with Crippen LogP contribution in [0.25, 0.3) is 0 Å². The molecule has 0 aromatic heterocycles. The van der Waals surface area contributed by atoms with Crippen molar-refractivity contribution in [3.63, 3.8) is 0 Å². The molecule has 68 valence electrons. The topological polar surface area (TPSA) is 37.3 Å². The van der Waals surface area contributed by atoms with Gasteiger partial charge in [-0.1, -0.05) is 19.1 Å². The minimum absolute atomic E-state index is 0.454. The SMILES string of the molecule is CC1C=CC(O)(CCC=O)CC1. The van der Waals surface area contributed by atoms with Crippen LogP contribution in [0.5, 0.6) is 0 Å². The number of aliphatic hydroxyl groups is 1. The van der Waals surface area contributed by atoms with Crippen molar-refractivity contribution in [1.82, 2.24) is 0 Å². The maximum absolute atomic E-state index is 10.1. The van der Waals surface area contributed by atoms with Crippen LogP contribution in [0, 0.1) is 5.92 Å². The van der Waals surface area contributed by atoms with Crippen LogP contribution in [-0.2, 0) is 4.79 Å². The van der Waals surface area contributed by atoms with Gasteiger partial charge in [0, 0.05) is 6.42 Å². The second-order valence-electron chi connectivity index (χ2n) is 3.68. The monoisotopic (exact) mass is 168 g/mol. The first-order chi connectivity index (χ1) is 5.66. The van der Waals surface area contributed by atoms with Crippen molar-refractivity contribution in [2.75, 3.05) is 0 Å². The lowest BCUT2D eigenvalue weighted by atomic mass is 9.83. The molecule has 2 unspecified atom stereocenters. The molecule has 12 heavy (non-hydrogen) atoms. The van der Waals surface area contributed by atoms with Gasteiger partial charge in [-0.2, -0.15) is 0 Å². The predicted molar refractivity (Wildman–Crippen MR) is 47.8 cm³/mol. The van der Waals surface area contributed by atoms with Crippen LogP contribution in [0.2, 0.25) is 0 Å². The Bertz CT molecular complexity index is 186. The Balaban J connectivity index is 2.48. The molecule has 0 spiro atoms. The number of hydrogen-bond acceptors (Lipinski definition) is 2. The molecule has 0 aromatic carbocycles. The molecule has 0 radical (unpaired) electrons. The zero-order valence-electron chi connectivity index (χ0n) is 7.49. The zero-order valence-corrected chi connectivity index (χ0v) is 7.49. The highest BCUT2D eigenvalue weighted by molar-refractivity contribution is 5.49. The summed E-state index contributed by atoms with van der Waals surface area (Å²) in [6, 6.07) is 0. The second kappa shape index (κ2) is 3.85.